The Balaban J connectivity index is 2.01. The predicted molar refractivity (Wildman–Crippen MR) is 82.8 cm³/mol. The third kappa shape index (κ3) is 2.95. The van der Waals surface area contributed by atoms with E-state index in [0.717, 1.165) is 6.20 Å². The van der Waals surface area contributed by atoms with E-state index in [9.17, 15) is 14.9 Å². The van der Waals surface area contributed by atoms with Crippen molar-refractivity contribution in [2.45, 2.75) is 12.5 Å². The lowest BCUT2D eigenvalue weighted by Crippen LogP contribution is -2.30. The first-order valence-electron chi connectivity index (χ1n) is 6.80. The van der Waals surface area contributed by atoms with Gasteiger partial charge in [0.05, 0.1) is 10.4 Å². The van der Waals surface area contributed by atoms with Crippen LogP contribution in [0.3, 0.4) is 0 Å². The van der Waals surface area contributed by atoms with Crippen LogP contribution in [0.15, 0.2) is 18.3 Å². The molecule has 0 spiro atoms. The average molecular weight is 338 g/mol. The number of halogens is 1. The summed E-state index contributed by atoms with van der Waals surface area (Å²) >= 11 is 5.88. The summed E-state index contributed by atoms with van der Waals surface area (Å²) < 4.78 is 0. The van der Waals surface area contributed by atoms with Crippen molar-refractivity contribution in [3.63, 3.8) is 0 Å². The molecular formula is C13H12ClN5O4. The molecule has 0 aliphatic carbocycles. The van der Waals surface area contributed by atoms with Crippen molar-refractivity contribution < 1.29 is 14.8 Å². The molecular weight excluding hydrogens is 326 g/mol. The highest BCUT2D eigenvalue weighted by atomic mass is 35.5. The van der Waals surface area contributed by atoms with Crippen molar-refractivity contribution in [3.8, 4) is 0 Å². The number of nitro groups is 1. The Morgan fingerprint density at radius 1 is 1.52 bits per heavy atom. The molecule has 9 nitrogen and oxygen atoms in total. The maximum atomic E-state index is 11.3. The van der Waals surface area contributed by atoms with Gasteiger partial charge >= 0.3 is 11.8 Å². The molecule has 23 heavy (non-hydrogen) atoms. The molecule has 2 aromatic heterocycles. The normalized spacial score (nSPS) is 17.4. The Kier molecular flexibility index (Phi) is 3.87. The van der Waals surface area contributed by atoms with Gasteiger partial charge in [-0.2, -0.15) is 0 Å². The lowest BCUT2D eigenvalue weighted by atomic mass is 10.2. The SMILES string of the molecule is O=C(O)N1CCC(Nc2c([N+](=O)[O-])cnc3ccc(Cl)nc23)C1. The van der Waals surface area contributed by atoms with E-state index in [-0.39, 0.29) is 29.1 Å². The molecule has 0 radical (unpaired) electrons. The lowest BCUT2D eigenvalue weighted by molar-refractivity contribution is -0.384. The first-order valence-corrected chi connectivity index (χ1v) is 7.17. The van der Waals surface area contributed by atoms with Crippen LogP contribution in [0.5, 0.6) is 0 Å². The van der Waals surface area contributed by atoms with E-state index >= 15 is 0 Å². The van der Waals surface area contributed by atoms with Crippen LogP contribution in [0.4, 0.5) is 16.2 Å². The number of carboxylic acid groups (broad SMARTS) is 1. The first-order chi connectivity index (χ1) is 11.0. The van der Waals surface area contributed by atoms with Gasteiger partial charge in [0.15, 0.2) is 0 Å². The molecule has 1 atom stereocenters. The summed E-state index contributed by atoms with van der Waals surface area (Å²) in [5, 5.41) is 23.5. The molecule has 120 valence electrons. The molecule has 0 bridgehead atoms. The van der Waals surface area contributed by atoms with Crippen molar-refractivity contribution in [3.05, 3.63) is 33.6 Å². The molecule has 2 aromatic rings. The second kappa shape index (κ2) is 5.84. The summed E-state index contributed by atoms with van der Waals surface area (Å²) in [6.45, 7) is 0.620. The molecule has 3 heterocycles. The minimum absolute atomic E-state index is 0.196. The minimum atomic E-state index is -1.01. The third-order valence-electron chi connectivity index (χ3n) is 3.66. The Morgan fingerprint density at radius 2 is 2.30 bits per heavy atom. The molecule has 1 unspecified atom stereocenters. The highest BCUT2D eigenvalue weighted by Crippen LogP contribution is 2.32. The van der Waals surface area contributed by atoms with E-state index in [1.54, 1.807) is 12.1 Å². The molecule has 0 saturated carbocycles. The van der Waals surface area contributed by atoms with Gasteiger partial charge in [0, 0.05) is 19.1 Å². The highest BCUT2D eigenvalue weighted by Gasteiger charge is 2.29. The van der Waals surface area contributed by atoms with Crippen LogP contribution in [0.2, 0.25) is 5.15 Å². The molecule has 2 N–H and O–H groups in total. The zero-order chi connectivity index (χ0) is 16.6. The zero-order valence-electron chi connectivity index (χ0n) is 11.8. The van der Waals surface area contributed by atoms with E-state index in [4.69, 9.17) is 16.7 Å². The number of fused-ring (bicyclic) bond motifs is 1. The monoisotopic (exact) mass is 337 g/mol. The summed E-state index contributed by atoms with van der Waals surface area (Å²) in [4.78, 5) is 31.1. The minimum Gasteiger partial charge on any atom is -0.465 e. The summed E-state index contributed by atoms with van der Waals surface area (Å²) in [7, 11) is 0. The van der Waals surface area contributed by atoms with Gasteiger partial charge in [0.1, 0.15) is 22.6 Å². The number of carbonyl (C=O) groups is 1. The number of nitrogens with zero attached hydrogens (tertiary/aromatic N) is 4. The molecule has 1 saturated heterocycles. The fraction of sp³-hybridized carbons (Fsp3) is 0.308. The number of rotatable bonds is 3. The van der Waals surface area contributed by atoms with Crippen molar-refractivity contribution >= 4 is 40.1 Å². The predicted octanol–water partition coefficient (Wildman–Crippen LogP) is 2.36. The van der Waals surface area contributed by atoms with Crippen LogP contribution < -0.4 is 5.32 Å². The zero-order valence-corrected chi connectivity index (χ0v) is 12.5. The number of nitrogens with one attached hydrogen (secondary N) is 1. The van der Waals surface area contributed by atoms with Crippen LogP contribution >= 0.6 is 11.6 Å². The topological polar surface area (TPSA) is 121 Å². The first kappa shape index (κ1) is 15.2. The van der Waals surface area contributed by atoms with Crippen LogP contribution in [-0.2, 0) is 0 Å². The summed E-state index contributed by atoms with van der Waals surface area (Å²) in [6, 6.07) is 2.93. The summed E-state index contributed by atoms with van der Waals surface area (Å²) in [6.07, 6.45) is 0.697. The Bertz CT molecular complexity index is 799. The largest absolute Gasteiger partial charge is 0.465 e. The van der Waals surface area contributed by atoms with Crippen molar-refractivity contribution in [1.82, 2.24) is 14.9 Å². The Labute approximate surface area is 135 Å². The van der Waals surface area contributed by atoms with Gasteiger partial charge in [-0.05, 0) is 18.6 Å². The molecule has 1 fully saturated rings. The molecule has 1 aliphatic rings. The third-order valence-corrected chi connectivity index (χ3v) is 3.87. The van der Waals surface area contributed by atoms with Crippen molar-refractivity contribution in [2.24, 2.45) is 0 Å². The van der Waals surface area contributed by atoms with Gasteiger partial charge in [-0.15, -0.1) is 0 Å². The van der Waals surface area contributed by atoms with Gasteiger partial charge < -0.3 is 15.3 Å². The molecule has 3 rings (SSSR count). The molecule has 1 amide bonds. The number of likely N-dealkylation sites (tertiary alicyclic amines) is 1. The number of hydrogen-bond acceptors (Lipinski definition) is 6. The maximum absolute atomic E-state index is 11.3. The number of amides is 1. The number of pyridine rings is 2. The van der Waals surface area contributed by atoms with Crippen LogP contribution in [0.25, 0.3) is 11.0 Å². The average Bonchev–Trinajstić information content (AvgIpc) is 2.96. The standard InChI is InChI=1S/C13H12ClN5O4/c14-10-2-1-8-11(17-10)12(9(5-15-8)19(22)23)16-7-3-4-18(6-7)13(20)21/h1-2,5,7H,3-4,6H2,(H,15,16)(H,20,21). The van der Waals surface area contributed by atoms with E-state index in [2.05, 4.69) is 15.3 Å². The summed E-state index contributed by atoms with van der Waals surface area (Å²) in [5.41, 5.74) is 0.747. The molecule has 1 aliphatic heterocycles. The smallest absolute Gasteiger partial charge is 0.407 e. The van der Waals surface area contributed by atoms with Crippen molar-refractivity contribution in [1.29, 1.82) is 0 Å². The van der Waals surface area contributed by atoms with Gasteiger partial charge in [0.25, 0.3) is 0 Å². The van der Waals surface area contributed by atoms with Gasteiger partial charge in [0.2, 0.25) is 0 Å². The second-order valence-corrected chi connectivity index (χ2v) is 5.52. The summed E-state index contributed by atoms with van der Waals surface area (Å²) in [5.74, 6) is 0. The van der Waals surface area contributed by atoms with Crippen LogP contribution in [0, 0.1) is 10.1 Å². The second-order valence-electron chi connectivity index (χ2n) is 5.14. The fourth-order valence-electron chi connectivity index (χ4n) is 2.57. The Hall–Kier alpha value is -2.68. The number of hydrogen-bond donors (Lipinski definition) is 2. The molecule has 10 heteroatoms. The van der Waals surface area contributed by atoms with Gasteiger partial charge in [-0.25, -0.2) is 14.8 Å². The Morgan fingerprint density at radius 3 is 2.96 bits per heavy atom. The van der Waals surface area contributed by atoms with E-state index < -0.39 is 11.0 Å². The highest BCUT2D eigenvalue weighted by molar-refractivity contribution is 6.29. The number of anilines is 1. The lowest BCUT2D eigenvalue weighted by Gasteiger charge is -2.16. The van der Waals surface area contributed by atoms with E-state index in [1.807, 2.05) is 0 Å². The number of aromatic nitrogens is 2. The van der Waals surface area contributed by atoms with E-state index in [0.29, 0.717) is 24.0 Å². The van der Waals surface area contributed by atoms with Crippen molar-refractivity contribution in [2.75, 3.05) is 18.4 Å². The fourth-order valence-corrected chi connectivity index (χ4v) is 2.72. The van der Waals surface area contributed by atoms with Crippen LogP contribution in [-0.4, -0.2) is 50.1 Å². The quantitative estimate of drug-likeness (QED) is 0.500. The van der Waals surface area contributed by atoms with Gasteiger partial charge in [-0.1, -0.05) is 11.6 Å². The molecule has 0 aromatic carbocycles. The van der Waals surface area contributed by atoms with Crippen LogP contribution in [0.1, 0.15) is 6.42 Å². The maximum Gasteiger partial charge on any atom is 0.407 e. The van der Waals surface area contributed by atoms with E-state index in [1.165, 1.54) is 4.90 Å². The van der Waals surface area contributed by atoms with Gasteiger partial charge in [-0.3, -0.25) is 10.1 Å².